The number of rotatable bonds is 2. The van der Waals surface area contributed by atoms with Gasteiger partial charge in [0.15, 0.2) is 0 Å². The Bertz CT molecular complexity index is 628. The van der Waals surface area contributed by atoms with E-state index in [0.29, 0.717) is 12.0 Å². The van der Waals surface area contributed by atoms with E-state index in [2.05, 4.69) is 5.32 Å². The molecule has 2 N–H and O–H groups in total. The summed E-state index contributed by atoms with van der Waals surface area (Å²) in [7, 11) is 0. The quantitative estimate of drug-likeness (QED) is 0.868. The van der Waals surface area contributed by atoms with Crippen molar-refractivity contribution in [2.75, 3.05) is 11.9 Å². The summed E-state index contributed by atoms with van der Waals surface area (Å²) in [6.45, 7) is 0.920. The average molecular weight is 286 g/mol. The van der Waals surface area contributed by atoms with Gasteiger partial charge in [-0.3, -0.25) is 9.59 Å². The van der Waals surface area contributed by atoms with Gasteiger partial charge in [0.2, 0.25) is 0 Å². The molecule has 5 nitrogen and oxygen atoms in total. The van der Waals surface area contributed by atoms with Gasteiger partial charge in [-0.15, -0.1) is 0 Å². The molecule has 3 unspecified atom stereocenters. The Morgan fingerprint density at radius 3 is 2.90 bits per heavy atom. The van der Waals surface area contributed by atoms with Gasteiger partial charge in [-0.25, -0.2) is 0 Å². The second kappa shape index (κ2) is 4.48. The number of hydrogen-bond acceptors (Lipinski definition) is 3. The number of hydrogen-bond donors (Lipinski definition) is 2. The van der Waals surface area contributed by atoms with Gasteiger partial charge in [0.25, 0.3) is 5.91 Å². The molecule has 4 rings (SSSR count). The average Bonchev–Trinajstić information content (AvgIpc) is 3.19. The van der Waals surface area contributed by atoms with Crippen molar-refractivity contribution in [2.45, 2.75) is 37.8 Å². The van der Waals surface area contributed by atoms with Crippen LogP contribution in [0.25, 0.3) is 0 Å². The molecule has 2 bridgehead atoms. The van der Waals surface area contributed by atoms with E-state index in [9.17, 15) is 14.7 Å². The highest BCUT2D eigenvalue weighted by Crippen LogP contribution is 2.42. The number of fused-ring (bicyclic) bond motifs is 3. The largest absolute Gasteiger partial charge is 0.481 e. The lowest BCUT2D eigenvalue weighted by Gasteiger charge is -2.23. The standard InChI is InChI=1S/C16H18N2O3/c19-15(10-1-3-13-9(7-10)5-6-17-13)18-11-2-4-14(18)12(8-11)16(20)21/h1,3,7,11-12,14,17H,2,4-6,8H2,(H,20,21). The van der Waals surface area contributed by atoms with E-state index in [1.165, 1.54) is 5.56 Å². The fourth-order valence-electron chi connectivity index (χ4n) is 4.16. The van der Waals surface area contributed by atoms with Crippen LogP contribution >= 0.6 is 0 Å². The molecule has 0 aliphatic carbocycles. The second-order valence-corrected chi connectivity index (χ2v) is 6.24. The van der Waals surface area contributed by atoms with Gasteiger partial charge in [-0.05, 0) is 49.4 Å². The fourth-order valence-corrected chi connectivity index (χ4v) is 4.16. The molecule has 2 saturated heterocycles. The molecular formula is C16H18N2O3. The Balaban J connectivity index is 1.62. The van der Waals surface area contributed by atoms with E-state index in [-0.39, 0.29) is 23.9 Å². The molecule has 1 aromatic rings. The smallest absolute Gasteiger partial charge is 0.308 e. The molecule has 2 fully saturated rings. The number of carboxylic acid groups (broad SMARTS) is 1. The Morgan fingerprint density at radius 1 is 1.29 bits per heavy atom. The summed E-state index contributed by atoms with van der Waals surface area (Å²) in [5.74, 6) is -1.15. The molecule has 0 spiro atoms. The summed E-state index contributed by atoms with van der Waals surface area (Å²) in [6.07, 6.45) is 3.31. The van der Waals surface area contributed by atoms with Gasteiger partial charge in [-0.2, -0.15) is 0 Å². The number of nitrogens with zero attached hydrogens (tertiary/aromatic N) is 1. The summed E-state index contributed by atoms with van der Waals surface area (Å²) >= 11 is 0. The first-order valence-electron chi connectivity index (χ1n) is 7.57. The maximum atomic E-state index is 12.8. The van der Waals surface area contributed by atoms with Crippen molar-refractivity contribution in [3.05, 3.63) is 29.3 Å². The lowest BCUT2D eigenvalue weighted by Crippen LogP contribution is -2.37. The van der Waals surface area contributed by atoms with Crippen molar-refractivity contribution in [3.8, 4) is 0 Å². The van der Waals surface area contributed by atoms with Crippen LogP contribution in [0.2, 0.25) is 0 Å². The zero-order chi connectivity index (χ0) is 14.6. The Hall–Kier alpha value is -2.04. The predicted octanol–water partition coefficient (Wildman–Crippen LogP) is 1.73. The number of aliphatic carboxylic acids is 1. The van der Waals surface area contributed by atoms with E-state index in [1.807, 2.05) is 23.1 Å². The third-order valence-corrected chi connectivity index (χ3v) is 5.15. The maximum Gasteiger partial charge on any atom is 0.308 e. The van der Waals surface area contributed by atoms with Crippen molar-refractivity contribution < 1.29 is 14.7 Å². The lowest BCUT2D eigenvalue weighted by molar-refractivity contribution is -0.142. The normalized spacial score (nSPS) is 29.3. The van der Waals surface area contributed by atoms with Crippen molar-refractivity contribution >= 4 is 17.6 Å². The molecule has 5 heteroatoms. The zero-order valence-corrected chi connectivity index (χ0v) is 11.7. The van der Waals surface area contributed by atoms with Gasteiger partial charge in [0, 0.05) is 29.9 Å². The van der Waals surface area contributed by atoms with Gasteiger partial charge in [-0.1, -0.05) is 0 Å². The van der Waals surface area contributed by atoms with Crippen LogP contribution in [0.1, 0.15) is 35.2 Å². The fraction of sp³-hybridized carbons (Fsp3) is 0.500. The number of nitrogens with one attached hydrogen (secondary N) is 1. The van der Waals surface area contributed by atoms with Crippen LogP contribution in [0.4, 0.5) is 5.69 Å². The number of carboxylic acids is 1. The van der Waals surface area contributed by atoms with Crippen molar-refractivity contribution in [2.24, 2.45) is 5.92 Å². The highest BCUT2D eigenvalue weighted by atomic mass is 16.4. The first kappa shape index (κ1) is 12.7. The summed E-state index contributed by atoms with van der Waals surface area (Å²) in [6, 6.07) is 5.77. The Kier molecular flexibility index (Phi) is 2.71. The van der Waals surface area contributed by atoms with E-state index < -0.39 is 5.97 Å². The lowest BCUT2D eigenvalue weighted by atomic mass is 9.89. The molecule has 1 aromatic carbocycles. The van der Waals surface area contributed by atoms with E-state index in [0.717, 1.165) is 31.5 Å². The highest BCUT2D eigenvalue weighted by Gasteiger charge is 2.51. The number of carbonyl (C=O) groups is 2. The molecule has 3 atom stereocenters. The molecule has 0 aromatic heterocycles. The molecule has 0 saturated carbocycles. The first-order valence-corrected chi connectivity index (χ1v) is 7.57. The number of amides is 1. The molecular weight excluding hydrogens is 268 g/mol. The third-order valence-electron chi connectivity index (χ3n) is 5.15. The van der Waals surface area contributed by atoms with Gasteiger partial charge >= 0.3 is 5.97 Å². The number of anilines is 1. The Morgan fingerprint density at radius 2 is 2.14 bits per heavy atom. The van der Waals surface area contributed by atoms with Crippen LogP contribution in [0, 0.1) is 5.92 Å². The van der Waals surface area contributed by atoms with Crippen LogP contribution in [0.3, 0.4) is 0 Å². The van der Waals surface area contributed by atoms with E-state index in [1.54, 1.807) is 0 Å². The van der Waals surface area contributed by atoms with Gasteiger partial charge in [0.1, 0.15) is 0 Å². The van der Waals surface area contributed by atoms with E-state index >= 15 is 0 Å². The summed E-state index contributed by atoms with van der Waals surface area (Å²) in [4.78, 5) is 25.9. The van der Waals surface area contributed by atoms with Crippen molar-refractivity contribution in [1.29, 1.82) is 0 Å². The van der Waals surface area contributed by atoms with Crippen LogP contribution in [0.5, 0.6) is 0 Å². The molecule has 110 valence electrons. The topological polar surface area (TPSA) is 69.6 Å². The molecule has 21 heavy (non-hydrogen) atoms. The van der Waals surface area contributed by atoms with Gasteiger partial charge in [0.05, 0.1) is 5.92 Å². The zero-order valence-electron chi connectivity index (χ0n) is 11.7. The first-order chi connectivity index (χ1) is 10.1. The van der Waals surface area contributed by atoms with Crippen molar-refractivity contribution in [1.82, 2.24) is 4.90 Å². The van der Waals surface area contributed by atoms with Gasteiger partial charge < -0.3 is 15.3 Å². The summed E-state index contributed by atoms with van der Waals surface area (Å²) in [5.41, 5.74) is 2.99. The second-order valence-electron chi connectivity index (χ2n) is 6.24. The Labute approximate surface area is 122 Å². The maximum absolute atomic E-state index is 12.8. The number of benzene rings is 1. The van der Waals surface area contributed by atoms with Crippen LogP contribution < -0.4 is 5.32 Å². The van der Waals surface area contributed by atoms with Crippen LogP contribution in [-0.2, 0) is 11.2 Å². The minimum absolute atomic E-state index is 0.000880. The predicted molar refractivity (Wildman–Crippen MR) is 77.4 cm³/mol. The molecule has 1 amide bonds. The molecule has 0 radical (unpaired) electrons. The number of carbonyl (C=O) groups excluding carboxylic acids is 1. The summed E-state index contributed by atoms with van der Waals surface area (Å²) in [5, 5.41) is 12.6. The highest BCUT2D eigenvalue weighted by molar-refractivity contribution is 5.96. The minimum Gasteiger partial charge on any atom is -0.481 e. The van der Waals surface area contributed by atoms with E-state index in [4.69, 9.17) is 0 Å². The molecule has 3 aliphatic rings. The molecule has 3 aliphatic heterocycles. The summed E-state index contributed by atoms with van der Waals surface area (Å²) < 4.78 is 0. The third kappa shape index (κ3) is 1.83. The molecule has 3 heterocycles. The monoisotopic (exact) mass is 286 g/mol. The van der Waals surface area contributed by atoms with Crippen LogP contribution in [0.15, 0.2) is 18.2 Å². The van der Waals surface area contributed by atoms with Crippen LogP contribution in [-0.4, -0.2) is 40.5 Å². The van der Waals surface area contributed by atoms with Crippen molar-refractivity contribution in [3.63, 3.8) is 0 Å². The SMILES string of the molecule is O=C(O)C1CC2CCC1N2C(=O)c1ccc2c(c1)CCN2. The minimum atomic E-state index is -0.766.